The molecule has 0 unspecified atom stereocenters. The van der Waals surface area contributed by atoms with Gasteiger partial charge in [0.2, 0.25) is 11.8 Å². The van der Waals surface area contributed by atoms with Crippen molar-refractivity contribution in [3.8, 4) is 0 Å². The van der Waals surface area contributed by atoms with Crippen molar-refractivity contribution in [3.63, 3.8) is 0 Å². The van der Waals surface area contributed by atoms with Crippen LogP contribution in [0.15, 0.2) is 77.7 Å². The third-order valence-electron chi connectivity index (χ3n) is 7.16. The van der Waals surface area contributed by atoms with Crippen LogP contribution in [-0.4, -0.2) is 50.8 Å². The Morgan fingerprint density at radius 3 is 2.22 bits per heavy atom. The first-order valence-corrected chi connectivity index (χ1v) is 15.9. The molecule has 2 amide bonds. The van der Waals surface area contributed by atoms with Gasteiger partial charge >= 0.3 is 0 Å². The molecule has 1 atom stereocenters. The maximum atomic E-state index is 14.1. The van der Waals surface area contributed by atoms with Crippen LogP contribution < -0.4 is 9.62 Å². The van der Waals surface area contributed by atoms with E-state index in [1.807, 2.05) is 64.1 Å². The highest BCUT2D eigenvalue weighted by molar-refractivity contribution is 7.92. The summed E-state index contributed by atoms with van der Waals surface area (Å²) < 4.78 is 29.0. The van der Waals surface area contributed by atoms with E-state index in [0.717, 1.165) is 33.8 Å². The Bertz CT molecular complexity index is 1410. The van der Waals surface area contributed by atoms with Gasteiger partial charge in [-0.1, -0.05) is 68.3 Å². The lowest BCUT2D eigenvalue weighted by Crippen LogP contribution is -2.53. The molecule has 1 N–H and O–H groups in total. The van der Waals surface area contributed by atoms with Crippen molar-refractivity contribution in [2.75, 3.05) is 23.9 Å². The molecule has 9 heteroatoms. The molecular formula is C32H40ClN3O4S. The molecule has 0 fully saturated rings. The van der Waals surface area contributed by atoms with Crippen LogP contribution in [0.3, 0.4) is 0 Å². The third kappa shape index (κ3) is 8.57. The largest absolute Gasteiger partial charge is 0.354 e. The number of nitrogens with zero attached hydrogens (tertiary/aromatic N) is 2. The van der Waals surface area contributed by atoms with Crippen molar-refractivity contribution in [3.05, 3.63) is 94.5 Å². The molecule has 0 aliphatic rings. The first kappa shape index (κ1) is 32.2. The zero-order chi connectivity index (χ0) is 30.0. The van der Waals surface area contributed by atoms with E-state index in [9.17, 15) is 18.0 Å². The van der Waals surface area contributed by atoms with E-state index < -0.39 is 28.5 Å². The molecule has 41 heavy (non-hydrogen) atoms. The van der Waals surface area contributed by atoms with Gasteiger partial charge in [-0.25, -0.2) is 8.42 Å². The van der Waals surface area contributed by atoms with Gasteiger partial charge in [-0.2, -0.15) is 0 Å². The fourth-order valence-electron chi connectivity index (χ4n) is 4.55. The number of unbranched alkanes of at least 4 members (excludes halogenated alkanes) is 1. The number of nitrogens with one attached hydrogen (secondary N) is 1. The molecule has 0 aliphatic heterocycles. The number of hydrogen-bond acceptors (Lipinski definition) is 4. The minimum atomic E-state index is -4.14. The second kappa shape index (κ2) is 15.0. The lowest BCUT2D eigenvalue weighted by atomic mass is 10.1. The smallest absolute Gasteiger partial charge is 0.264 e. The highest BCUT2D eigenvalue weighted by Crippen LogP contribution is 2.27. The summed E-state index contributed by atoms with van der Waals surface area (Å²) in [5.41, 5.74) is 3.29. The number of hydrogen-bond donors (Lipinski definition) is 1. The van der Waals surface area contributed by atoms with Crippen molar-refractivity contribution >= 4 is 39.1 Å². The molecule has 0 aliphatic carbocycles. The number of benzene rings is 3. The highest BCUT2D eigenvalue weighted by Gasteiger charge is 2.33. The molecule has 0 saturated heterocycles. The van der Waals surface area contributed by atoms with Gasteiger partial charge < -0.3 is 10.2 Å². The maximum Gasteiger partial charge on any atom is 0.264 e. The van der Waals surface area contributed by atoms with E-state index in [-0.39, 0.29) is 17.3 Å². The van der Waals surface area contributed by atoms with Crippen LogP contribution in [0.2, 0.25) is 5.02 Å². The lowest BCUT2D eigenvalue weighted by Gasteiger charge is -2.33. The number of rotatable bonds is 14. The summed E-state index contributed by atoms with van der Waals surface area (Å²) in [5, 5.41) is 3.36. The maximum absolute atomic E-state index is 14.1. The van der Waals surface area contributed by atoms with Crippen LogP contribution >= 0.6 is 11.6 Å². The number of carbonyl (C=O) groups excluding carboxylic acids is 2. The molecule has 0 bridgehead atoms. The first-order chi connectivity index (χ1) is 19.6. The molecule has 7 nitrogen and oxygen atoms in total. The quantitative estimate of drug-likeness (QED) is 0.234. The van der Waals surface area contributed by atoms with Crippen LogP contribution in [0.25, 0.3) is 0 Å². The summed E-state index contributed by atoms with van der Waals surface area (Å²) in [6.45, 7) is 8.07. The molecule has 3 aromatic rings. The second-order valence-electron chi connectivity index (χ2n) is 10.1. The molecule has 0 heterocycles. The third-order valence-corrected chi connectivity index (χ3v) is 9.20. The SMILES string of the molecule is CCCCNC(=O)[C@@H](CC)N(CCc1ccccc1)C(=O)CN(c1ccc(C)c(C)c1)S(=O)(=O)c1ccc(Cl)cc1. The number of carbonyl (C=O) groups is 2. The minimum Gasteiger partial charge on any atom is -0.354 e. The standard InChI is InChI=1S/C32H40ClN3O4S/c1-5-7-20-34-32(38)30(6-2)35(21-19-26-11-9-8-10-12-26)31(37)23-36(28-16-13-24(3)25(4)22-28)41(39,40)29-17-14-27(33)15-18-29/h8-18,22,30H,5-7,19-21,23H2,1-4H3,(H,34,38)/t30-/m1/s1. The Balaban J connectivity index is 2.01. The Hall–Kier alpha value is -3.36. The molecule has 0 aromatic heterocycles. The predicted octanol–water partition coefficient (Wildman–Crippen LogP) is 5.92. The molecule has 3 rings (SSSR count). The van der Waals surface area contributed by atoms with Gasteiger partial charge in [0.25, 0.3) is 10.0 Å². The Morgan fingerprint density at radius 2 is 1.61 bits per heavy atom. The summed E-state index contributed by atoms with van der Waals surface area (Å²) in [6, 6.07) is 20.2. The van der Waals surface area contributed by atoms with E-state index in [4.69, 9.17) is 11.6 Å². The summed E-state index contributed by atoms with van der Waals surface area (Å²) in [6.07, 6.45) is 2.69. The number of sulfonamides is 1. The van der Waals surface area contributed by atoms with Crippen LogP contribution in [-0.2, 0) is 26.0 Å². The van der Waals surface area contributed by atoms with Gasteiger partial charge in [0.1, 0.15) is 12.6 Å². The molecule has 3 aromatic carbocycles. The van der Waals surface area contributed by atoms with Gasteiger partial charge in [-0.15, -0.1) is 0 Å². The Morgan fingerprint density at radius 1 is 0.927 bits per heavy atom. The fraction of sp³-hybridized carbons (Fsp3) is 0.375. The highest BCUT2D eigenvalue weighted by atomic mass is 35.5. The molecule has 0 spiro atoms. The first-order valence-electron chi connectivity index (χ1n) is 14.0. The van der Waals surface area contributed by atoms with Gasteiger partial charge in [0, 0.05) is 18.1 Å². The van der Waals surface area contributed by atoms with Gasteiger partial charge in [0.15, 0.2) is 0 Å². The number of aryl methyl sites for hydroxylation is 2. The summed E-state index contributed by atoms with van der Waals surface area (Å²) in [7, 11) is -4.14. The van der Waals surface area contributed by atoms with Crippen LogP contribution in [0.1, 0.15) is 49.8 Å². The number of anilines is 1. The molecule has 0 saturated carbocycles. The van der Waals surface area contributed by atoms with Crippen molar-refractivity contribution in [1.29, 1.82) is 0 Å². The molecule has 0 radical (unpaired) electrons. The van der Waals surface area contributed by atoms with Crippen molar-refractivity contribution < 1.29 is 18.0 Å². The van der Waals surface area contributed by atoms with E-state index in [2.05, 4.69) is 5.32 Å². The monoisotopic (exact) mass is 597 g/mol. The van der Waals surface area contributed by atoms with Gasteiger partial charge in [0.05, 0.1) is 10.6 Å². The Labute approximate surface area is 249 Å². The summed E-state index contributed by atoms with van der Waals surface area (Å²) >= 11 is 6.03. The zero-order valence-corrected chi connectivity index (χ0v) is 25.8. The predicted molar refractivity (Wildman–Crippen MR) is 166 cm³/mol. The van der Waals surface area contributed by atoms with Crippen molar-refractivity contribution in [2.45, 2.75) is 64.3 Å². The lowest BCUT2D eigenvalue weighted by molar-refractivity contribution is -0.139. The van der Waals surface area contributed by atoms with Crippen LogP contribution in [0, 0.1) is 13.8 Å². The van der Waals surface area contributed by atoms with E-state index in [0.29, 0.717) is 30.1 Å². The summed E-state index contributed by atoms with van der Waals surface area (Å²) in [5.74, 6) is -0.685. The van der Waals surface area contributed by atoms with E-state index in [1.54, 1.807) is 12.1 Å². The number of amides is 2. The fourth-order valence-corrected chi connectivity index (χ4v) is 6.08. The van der Waals surface area contributed by atoms with Crippen LogP contribution in [0.5, 0.6) is 0 Å². The average Bonchev–Trinajstić information content (AvgIpc) is 2.96. The minimum absolute atomic E-state index is 0.0214. The van der Waals surface area contributed by atoms with Crippen molar-refractivity contribution in [2.24, 2.45) is 0 Å². The average molecular weight is 598 g/mol. The van der Waals surface area contributed by atoms with Crippen LogP contribution in [0.4, 0.5) is 5.69 Å². The normalized spacial score (nSPS) is 12.0. The van der Waals surface area contributed by atoms with Gasteiger partial charge in [-0.3, -0.25) is 13.9 Å². The Kier molecular flexibility index (Phi) is 11.8. The van der Waals surface area contributed by atoms with Crippen molar-refractivity contribution in [1.82, 2.24) is 10.2 Å². The van der Waals surface area contributed by atoms with E-state index >= 15 is 0 Å². The van der Waals surface area contributed by atoms with E-state index in [1.165, 1.54) is 29.2 Å². The summed E-state index contributed by atoms with van der Waals surface area (Å²) in [4.78, 5) is 28.9. The second-order valence-corrected chi connectivity index (χ2v) is 12.4. The zero-order valence-electron chi connectivity index (χ0n) is 24.3. The molecule has 220 valence electrons. The molecular weight excluding hydrogens is 558 g/mol. The topological polar surface area (TPSA) is 86.8 Å². The number of halogens is 1. The van der Waals surface area contributed by atoms with Gasteiger partial charge in [-0.05, 0) is 86.2 Å².